The fourth-order valence-corrected chi connectivity index (χ4v) is 4.83. The van der Waals surface area contributed by atoms with Gasteiger partial charge < -0.3 is 9.47 Å². The molecule has 0 spiro atoms. The molecule has 0 bridgehead atoms. The van der Waals surface area contributed by atoms with Crippen LogP contribution < -0.4 is 16.1 Å². The largest absolute Gasteiger partial charge is 0.332 e. The molecule has 0 saturated heterocycles. The van der Waals surface area contributed by atoms with Gasteiger partial charge in [0.2, 0.25) is 5.95 Å². The molecule has 3 heterocycles. The molecule has 0 radical (unpaired) electrons. The van der Waals surface area contributed by atoms with E-state index < -0.39 is 0 Å². The molecule has 1 unspecified atom stereocenters. The minimum Gasteiger partial charge on any atom is -0.312 e. The third kappa shape index (κ3) is 3.86. The summed E-state index contributed by atoms with van der Waals surface area (Å²) in [5, 5.41) is 0.640. The molecule has 0 amide bonds. The van der Waals surface area contributed by atoms with Crippen LogP contribution in [0.5, 0.6) is 0 Å². The van der Waals surface area contributed by atoms with Gasteiger partial charge in [0, 0.05) is 37.4 Å². The van der Waals surface area contributed by atoms with Crippen molar-refractivity contribution < 1.29 is 0 Å². The van der Waals surface area contributed by atoms with E-state index in [1.807, 2.05) is 47.0 Å². The molecule has 0 saturated carbocycles. The Morgan fingerprint density at radius 3 is 2.61 bits per heavy atom. The molecule has 0 aliphatic carbocycles. The first-order valence-electron chi connectivity index (χ1n) is 11.2. The minimum atomic E-state index is -0.335. The van der Waals surface area contributed by atoms with Crippen molar-refractivity contribution in [3.8, 4) is 0 Å². The first kappa shape index (κ1) is 21.5. The Morgan fingerprint density at radius 2 is 1.85 bits per heavy atom. The molecule has 2 aromatic heterocycles. The standard InChI is InChI=1S/C25H26ClN5O2/c1-17-15-30(20-12-6-11-19(26)14-20)24-27-22-21(31(24)16-17)23(32)29(25(33)28(22)2)13-7-10-18-8-4-3-5-9-18/h3-6,8-9,11-12,14,17H,7,10,13,15-16H2,1-2H3. The van der Waals surface area contributed by atoms with Gasteiger partial charge in [-0.05, 0) is 42.5 Å². The van der Waals surface area contributed by atoms with Crippen molar-refractivity contribution in [2.24, 2.45) is 13.0 Å². The molecule has 33 heavy (non-hydrogen) atoms. The molecule has 1 aliphatic heterocycles. The Hall–Kier alpha value is -3.32. The Kier molecular flexibility index (Phi) is 5.58. The predicted octanol–water partition coefficient (Wildman–Crippen LogP) is 3.97. The highest BCUT2D eigenvalue weighted by molar-refractivity contribution is 6.30. The molecule has 5 rings (SSSR count). The van der Waals surface area contributed by atoms with Crippen LogP contribution in [0.4, 0.5) is 11.6 Å². The zero-order chi connectivity index (χ0) is 23.1. The molecule has 8 heteroatoms. The van der Waals surface area contributed by atoms with E-state index in [2.05, 4.69) is 24.0 Å². The number of nitrogens with zero attached hydrogens (tertiary/aromatic N) is 5. The fraction of sp³-hybridized carbons (Fsp3) is 0.320. The summed E-state index contributed by atoms with van der Waals surface area (Å²) < 4.78 is 4.80. The van der Waals surface area contributed by atoms with Gasteiger partial charge >= 0.3 is 5.69 Å². The van der Waals surface area contributed by atoms with Crippen LogP contribution in [0.25, 0.3) is 11.2 Å². The van der Waals surface area contributed by atoms with Crippen LogP contribution in [-0.2, 0) is 26.6 Å². The smallest absolute Gasteiger partial charge is 0.312 e. The Labute approximate surface area is 196 Å². The van der Waals surface area contributed by atoms with Crippen molar-refractivity contribution in [3.05, 3.63) is 86.0 Å². The highest BCUT2D eigenvalue weighted by Crippen LogP contribution is 2.33. The third-order valence-electron chi connectivity index (χ3n) is 6.25. The van der Waals surface area contributed by atoms with Crippen LogP contribution in [0.2, 0.25) is 5.02 Å². The van der Waals surface area contributed by atoms with Crippen LogP contribution in [0.1, 0.15) is 18.9 Å². The van der Waals surface area contributed by atoms with Gasteiger partial charge in [0.25, 0.3) is 5.56 Å². The number of hydrogen-bond acceptors (Lipinski definition) is 4. The van der Waals surface area contributed by atoms with Crippen molar-refractivity contribution in [2.75, 3.05) is 11.4 Å². The Balaban J connectivity index is 1.58. The van der Waals surface area contributed by atoms with Crippen LogP contribution in [0, 0.1) is 5.92 Å². The summed E-state index contributed by atoms with van der Waals surface area (Å²) in [5.41, 5.74) is 2.39. The number of rotatable bonds is 5. The quantitative estimate of drug-likeness (QED) is 0.449. The van der Waals surface area contributed by atoms with Crippen molar-refractivity contribution in [1.82, 2.24) is 18.7 Å². The number of aromatic nitrogens is 4. The molecule has 0 N–H and O–H groups in total. The van der Waals surface area contributed by atoms with E-state index in [1.54, 1.807) is 7.05 Å². The second-order valence-electron chi connectivity index (χ2n) is 8.78. The first-order valence-corrected chi connectivity index (χ1v) is 11.6. The van der Waals surface area contributed by atoms with E-state index in [4.69, 9.17) is 16.6 Å². The monoisotopic (exact) mass is 463 g/mol. The lowest BCUT2D eigenvalue weighted by molar-refractivity contribution is 0.457. The van der Waals surface area contributed by atoms with E-state index in [1.165, 1.54) is 14.7 Å². The molecule has 1 aliphatic rings. The van der Waals surface area contributed by atoms with Crippen LogP contribution in [0.3, 0.4) is 0 Å². The maximum Gasteiger partial charge on any atom is 0.332 e. The zero-order valence-corrected chi connectivity index (χ0v) is 19.5. The second kappa shape index (κ2) is 8.56. The summed E-state index contributed by atoms with van der Waals surface area (Å²) in [4.78, 5) is 33.4. The number of hydrogen-bond donors (Lipinski definition) is 0. The second-order valence-corrected chi connectivity index (χ2v) is 9.21. The van der Waals surface area contributed by atoms with Gasteiger partial charge in [0.1, 0.15) is 0 Å². The topological polar surface area (TPSA) is 65.1 Å². The molecule has 4 aromatic rings. The molecular weight excluding hydrogens is 438 g/mol. The zero-order valence-electron chi connectivity index (χ0n) is 18.7. The van der Waals surface area contributed by atoms with Gasteiger partial charge in [-0.25, -0.2) is 4.79 Å². The highest BCUT2D eigenvalue weighted by atomic mass is 35.5. The van der Waals surface area contributed by atoms with Crippen molar-refractivity contribution in [3.63, 3.8) is 0 Å². The van der Waals surface area contributed by atoms with E-state index in [0.29, 0.717) is 41.6 Å². The van der Waals surface area contributed by atoms with Crippen molar-refractivity contribution in [1.29, 1.82) is 0 Å². The van der Waals surface area contributed by atoms with E-state index in [-0.39, 0.29) is 17.2 Å². The lowest BCUT2D eigenvalue weighted by atomic mass is 10.1. The summed E-state index contributed by atoms with van der Waals surface area (Å²) in [6.07, 6.45) is 1.51. The van der Waals surface area contributed by atoms with Gasteiger partial charge in [-0.15, -0.1) is 0 Å². The number of halogens is 1. The Morgan fingerprint density at radius 1 is 1.06 bits per heavy atom. The fourth-order valence-electron chi connectivity index (χ4n) is 4.65. The van der Waals surface area contributed by atoms with E-state index >= 15 is 0 Å². The minimum absolute atomic E-state index is 0.278. The SMILES string of the molecule is CC1CN(c2cccc(Cl)c2)c2nc3c(c(=O)n(CCCc4ccccc4)c(=O)n3C)n2C1. The van der Waals surface area contributed by atoms with Gasteiger partial charge in [0.15, 0.2) is 11.2 Å². The molecular formula is C25H26ClN5O2. The number of benzene rings is 2. The lowest BCUT2D eigenvalue weighted by Crippen LogP contribution is -2.40. The maximum absolute atomic E-state index is 13.5. The normalized spacial score (nSPS) is 15.7. The average Bonchev–Trinajstić information content (AvgIpc) is 3.19. The van der Waals surface area contributed by atoms with Crippen molar-refractivity contribution >= 4 is 34.4 Å². The summed E-state index contributed by atoms with van der Waals surface area (Å²) in [6.45, 7) is 3.93. The van der Waals surface area contributed by atoms with E-state index in [9.17, 15) is 9.59 Å². The number of aryl methyl sites for hydroxylation is 2. The predicted molar refractivity (Wildman–Crippen MR) is 132 cm³/mol. The van der Waals surface area contributed by atoms with Gasteiger partial charge in [-0.1, -0.05) is 54.9 Å². The lowest BCUT2D eigenvalue weighted by Gasteiger charge is -2.33. The molecule has 170 valence electrons. The van der Waals surface area contributed by atoms with Gasteiger partial charge in [0.05, 0.1) is 0 Å². The molecule has 2 aromatic carbocycles. The molecule has 0 fully saturated rings. The maximum atomic E-state index is 13.5. The van der Waals surface area contributed by atoms with Crippen LogP contribution in [-0.4, -0.2) is 25.2 Å². The van der Waals surface area contributed by atoms with Crippen molar-refractivity contribution in [2.45, 2.75) is 32.9 Å². The summed E-state index contributed by atoms with van der Waals surface area (Å²) in [7, 11) is 1.68. The molecule has 1 atom stereocenters. The van der Waals surface area contributed by atoms with Gasteiger partial charge in [-0.2, -0.15) is 4.98 Å². The number of imidazole rings is 1. The summed E-state index contributed by atoms with van der Waals surface area (Å²) in [6, 6.07) is 17.7. The first-order chi connectivity index (χ1) is 15.9. The Bertz CT molecular complexity index is 1440. The molecule has 7 nitrogen and oxygen atoms in total. The van der Waals surface area contributed by atoms with Crippen LogP contribution in [0.15, 0.2) is 64.2 Å². The van der Waals surface area contributed by atoms with Crippen LogP contribution >= 0.6 is 11.6 Å². The summed E-state index contributed by atoms with van der Waals surface area (Å²) >= 11 is 6.24. The average molecular weight is 464 g/mol. The van der Waals surface area contributed by atoms with E-state index in [0.717, 1.165) is 18.7 Å². The third-order valence-corrected chi connectivity index (χ3v) is 6.49. The number of fused-ring (bicyclic) bond motifs is 3. The highest BCUT2D eigenvalue weighted by Gasteiger charge is 2.29. The number of anilines is 2. The summed E-state index contributed by atoms with van der Waals surface area (Å²) in [5.74, 6) is 0.955. The van der Waals surface area contributed by atoms with Gasteiger partial charge in [-0.3, -0.25) is 13.9 Å².